The van der Waals surface area contributed by atoms with Crippen LogP contribution >= 0.6 is 0 Å². The van der Waals surface area contributed by atoms with Gasteiger partial charge in [0.05, 0.1) is 0 Å². The quantitative estimate of drug-likeness (QED) is 0.452. The summed E-state index contributed by atoms with van der Waals surface area (Å²) in [6.45, 7) is 1.94. The molecule has 0 fully saturated rings. The minimum absolute atomic E-state index is 0.294. The predicted molar refractivity (Wildman–Crippen MR) is 62.2 cm³/mol. The molecule has 4 heteroatoms. The van der Waals surface area contributed by atoms with Gasteiger partial charge in [0.15, 0.2) is 0 Å². The summed E-state index contributed by atoms with van der Waals surface area (Å²) in [5.41, 5.74) is 4.62. The van der Waals surface area contributed by atoms with Crippen molar-refractivity contribution >= 4 is 5.91 Å². The van der Waals surface area contributed by atoms with Gasteiger partial charge < -0.3 is 4.57 Å². The van der Waals surface area contributed by atoms with E-state index in [-0.39, 0.29) is 5.91 Å². The highest BCUT2D eigenvalue weighted by molar-refractivity contribution is 5.93. The van der Waals surface area contributed by atoms with E-state index < -0.39 is 0 Å². The summed E-state index contributed by atoms with van der Waals surface area (Å²) in [5, 5.41) is 0. The van der Waals surface area contributed by atoms with E-state index in [1.807, 2.05) is 47.9 Å². The van der Waals surface area contributed by atoms with Crippen LogP contribution in [0.15, 0.2) is 42.5 Å². The van der Waals surface area contributed by atoms with Crippen LogP contribution in [-0.2, 0) is 0 Å². The van der Waals surface area contributed by atoms with E-state index in [1.165, 1.54) is 0 Å². The molecule has 3 N–H and O–H groups in total. The Morgan fingerprint density at radius 3 is 2.50 bits per heavy atom. The molecule has 16 heavy (non-hydrogen) atoms. The topological polar surface area (TPSA) is 60.1 Å². The molecular weight excluding hydrogens is 202 g/mol. The number of nitrogens with zero attached hydrogens (tertiary/aromatic N) is 1. The number of hydrazine groups is 1. The lowest BCUT2D eigenvalue weighted by atomic mass is 10.3. The highest BCUT2D eigenvalue weighted by Gasteiger charge is 2.12. The van der Waals surface area contributed by atoms with Crippen molar-refractivity contribution in [2.75, 3.05) is 0 Å². The number of para-hydroxylation sites is 1. The summed E-state index contributed by atoms with van der Waals surface area (Å²) < 4.78 is 1.86. The van der Waals surface area contributed by atoms with Gasteiger partial charge in [0.1, 0.15) is 5.69 Å². The van der Waals surface area contributed by atoms with Crippen LogP contribution in [0.2, 0.25) is 0 Å². The van der Waals surface area contributed by atoms with Gasteiger partial charge in [-0.05, 0) is 31.2 Å². The number of nitrogens with two attached hydrogens (primary N) is 1. The van der Waals surface area contributed by atoms with Gasteiger partial charge in [-0.3, -0.25) is 10.2 Å². The van der Waals surface area contributed by atoms with Gasteiger partial charge in [0.2, 0.25) is 0 Å². The van der Waals surface area contributed by atoms with Crippen molar-refractivity contribution in [2.24, 2.45) is 5.84 Å². The molecule has 1 amide bonds. The fourth-order valence-corrected chi connectivity index (χ4v) is 1.71. The first kappa shape index (κ1) is 10.4. The number of amides is 1. The highest BCUT2D eigenvalue weighted by atomic mass is 16.2. The van der Waals surface area contributed by atoms with Gasteiger partial charge in [-0.1, -0.05) is 18.2 Å². The smallest absolute Gasteiger partial charge is 0.282 e. The van der Waals surface area contributed by atoms with Gasteiger partial charge in [-0.15, -0.1) is 0 Å². The summed E-state index contributed by atoms with van der Waals surface area (Å²) in [6, 6.07) is 13.3. The molecule has 0 saturated heterocycles. The number of hydrogen-bond acceptors (Lipinski definition) is 2. The Kier molecular flexibility index (Phi) is 2.74. The largest absolute Gasteiger partial charge is 0.310 e. The molecule has 0 spiro atoms. The fourth-order valence-electron chi connectivity index (χ4n) is 1.71. The van der Waals surface area contributed by atoms with Crippen molar-refractivity contribution in [3.8, 4) is 5.69 Å². The fraction of sp³-hybridized carbons (Fsp3) is 0.0833. The third-order valence-corrected chi connectivity index (χ3v) is 2.45. The Labute approximate surface area is 93.7 Å². The van der Waals surface area contributed by atoms with Crippen LogP contribution < -0.4 is 11.3 Å². The first-order chi connectivity index (χ1) is 7.74. The number of nitrogen functional groups attached to an aromatic ring is 1. The van der Waals surface area contributed by atoms with Gasteiger partial charge in [-0.2, -0.15) is 0 Å². The Hall–Kier alpha value is -2.07. The number of rotatable bonds is 2. The van der Waals surface area contributed by atoms with E-state index in [4.69, 9.17) is 5.84 Å². The zero-order valence-corrected chi connectivity index (χ0v) is 8.97. The lowest BCUT2D eigenvalue weighted by Crippen LogP contribution is -2.31. The second kappa shape index (κ2) is 4.20. The van der Waals surface area contributed by atoms with Crippen LogP contribution in [0, 0.1) is 6.92 Å². The molecule has 4 nitrogen and oxygen atoms in total. The van der Waals surface area contributed by atoms with Gasteiger partial charge in [-0.25, -0.2) is 5.84 Å². The van der Waals surface area contributed by atoms with Gasteiger partial charge in [0, 0.05) is 11.4 Å². The summed E-state index contributed by atoms with van der Waals surface area (Å²) >= 11 is 0. The Balaban J connectivity index is 2.56. The number of carbonyl (C=O) groups is 1. The molecule has 0 aliphatic carbocycles. The molecule has 1 aromatic carbocycles. The van der Waals surface area contributed by atoms with Crippen molar-refractivity contribution in [1.29, 1.82) is 0 Å². The number of aryl methyl sites for hydroxylation is 1. The molecule has 82 valence electrons. The molecule has 1 heterocycles. The first-order valence-corrected chi connectivity index (χ1v) is 4.98. The normalized spacial score (nSPS) is 10.1. The second-order valence-electron chi connectivity index (χ2n) is 3.50. The van der Waals surface area contributed by atoms with E-state index in [0.717, 1.165) is 11.4 Å². The van der Waals surface area contributed by atoms with Crippen LogP contribution in [0.1, 0.15) is 16.2 Å². The molecule has 0 aliphatic rings. The molecular formula is C12H13N3O. The minimum Gasteiger partial charge on any atom is -0.310 e. The Morgan fingerprint density at radius 1 is 1.19 bits per heavy atom. The summed E-state index contributed by atoms with van der Waals surface area (Å²) in [5.74, 6) is 4.85. The standard InChI is InChI=1S/C12H13N3O/c1-9-7-8-11(12(16)14-13)15(9)10-5-3-2-4-6-10/h2-8H,13H2,1H3,(H,14,16). The van der Waals surface area contributed by atoms with Crippen molar-refractivity contribution in [3.63, 3.8) is 0 Å². The van der Waals surface area contributed by atoms with Gasteiger partial charge >= 0.3 is 0 Å². The lowest BCUT2D eigenvalue weighted by molar-refractivity contribution is 0.0946. The third kappa shape index (κ3) is 1.70. The van der Waals surface area contributed by atoms with Crippen molar-refractivity contribution in [1.82, 2.24) is 9.99 Å². The molecule has 0 saturated carbocycles. The van der Waals surface area contributed by atoms with E-state index in [1.54, 1.807) is 6.07 Å². The van der Waals surface area contributed by atoms with Crippen LogP contribution in [0.5, 0.6) is 0 Å². The molecule has 2 aromatic rings. The monoisotopic (exact) mass is 215 g/mol. The molecule has 0 bridgehead atoms. The second-order valence-corrected chi connectivity index (χ2v) is 3.50. The Morgan fingerprint density at radius 2 is 1.88 bits per heavy atom. The number of aromatic nitrogens is 1. The maximum atomic E-state index is 11.6. The molecule has 2 rings (SSSR count). The molecule has 1 aromatic heterocycles. The molecule has 0 aliphatic heterocycles. The maximum Gasteiger partial charge on any atom is 0.282 e. The number of carbonyl (C=O) groups excluding carboxylic acids is 1. The third-order valence-electron chi connectivity index (χ3n) is 2.45. The van der Waals surface area contributed by atoms with Crippen LogP contribution in [0.4, 0.5) is 0 Å². The van der Waals surface area contributed by atoms with E-state index in [9.17, 15) is 4.79 Å². The first-order valence-electron chi connectivity index (χ1n) is 4.98. The number of benzene rings is 1. The molecule has 0 radical (unpaired) electrons. The van der Waals surface area contributed by atoms with Crippen LogP contribution in [0.3, 0.4) is 0 Å². The predicted octanol–water partition coefficient (Wildman–Crippen LogP) is 1.39. The van der Waals surface area contributed by atoms with Crippen molar-refractivity contribution in [3.05, 3.63) is 53.9 Å². The van der Waals surface area contributed by atoms with Gasteiger partial charge in [0.25, 0.3) is 5.91 Å². The Bertz CT molecular complexity index is 502. The summed E-state index contributed by atoms with van der Waals surface area (Å²) in [6.07, 6.45) is 0. The van der Waals surface area contributed by atoms with Crippen LogP contribution in [-0.4, -0.2) is 10.5 Å². The minimum atomic E-state index is -0.294. The zero-order chi connectivity index (χ0) is 11.5. The highest BCUT2D eigenvalue weighted by Crippen LogP contribution is 2.16. The number of nitrogens with one attached hydrogen (secondary N) is 1. The zero-order valence-electron chi connectivity index (χ0n) is 8.97. The lowest BCUT2D eigenvalue weighted by Gasteiger charge is -2.10. The average Bonchev–Trinajstić information content (AvgIpc) is 2.71. The maximum absolute atomic E-state index is 11.6. The van der Waals surface area contributed by atoms with Crippen molar-refractivity contribution in [2.45, 2.75) is 6.92 Å². The van der Waals surface area contributed by atoms with E-state index >= 15 is 0 Å². The van der Waals surface area contributed by atoms with E-state index in [0.29, 0.717) is 5.69 Å². The molecule has 0 unspecified atom stereocenters. The molecule has 0 atom stereocenters. The van der Waals surface area contributed by atoms with Crippen molar-refractivity contribution < 1.29 is 4.79 Å². The number of hydrogen-bond donors (Lipinski definition) is 2. The van der Waals surface area contributed by atoms with Crippen LogP contribution in [0.25, 0.3) is 5.69 Å². The summed E-state index contributed by atoms with van der Waals surface area (Å²) in [4.78, 5) is 11.6. The summed E-state index contributed by atoms with van der Waals surface area (Å²) in [7, 11) is 0. The van der Waals surface area contributed by atoms with E-state index in [2.05, 4.69) is 5.43 Å². The average molecular weight is 215 g/mol. The SMILES string of the molecule is Cc1ccc(C(=O)NN)n1-c1ccccc1.